The highest BCUT2D eigenvalue weighted by Crippen LogP contribution is 2.37. The molecule has 0 aromatic heterocycles. The van der Waals surface area contributed by atoms with Gasteiger partial charge in [0.2, 0.25) is 0 Å². The van der Waals surface area contributed by atoms with Gasteiger partial charge in [0.1, 0.15) is 9.91 Å². The van der Waals surface area contributed by atoms with Crippen molar-refractivity contribution >= 4 is 22.8 Å². The number of carboxylic acid groups (broad SMARTS) is 1. The molecule has 0 saturated carbocycles. The fourth-order valence-electron chi connectivity index (χ4n) is 1.53. The van der Waals surface area contributed by atoms with Crippen LogP contribution in [0.4, 0.5) is 0 Å². The van der Waals surface area contributed by atoms with Crippen LogP contribution < -0.4 is 5.43 Å². The maximum atomic E-state index is 11.0. The lowest BCUT2D eigenvalue weighted by Crippen LogP contribution is -2.42. The second-order valence-electron chi connectivity index (χ2n) is 4.16. The lowest BCUT2D eigenvalue weighted by Gasteiger charge is -2.26. The molecule has 4 nitrogen and oxygen atoms in total. The zero-order valence-electron chi connectivity index (χ0n) is 9.68. The van der Waals surface area contributed by atoms with Crippen LogP contribution >= 0.6 is 11.8 Å². The van der Waals surface area contributed by atoms with Gasteiger partial charge in [-0.05, 0) is 13.8 Å². The largest absolute Gasteiger partial charge is 0.481 e. The molecule has 2 unspecified atom stereocenters. The number of hydrogen-bond acceptors (Lipinski definition) is 4. The predicted octanol–water partition coefficient (Wildman–Crippen LogP) is 2.12. The van der Waals surface area contributed by atoms with Crippen LogP contribution in [-0.2, 0) is 4.79 Å². The summed E-state index contributed by atoms with van der Waals surface area (Å²) in [6, 6.07) is 9.74. The number of carboxylic acids is 1. The second kappa shape index (κ2) is 4.41. The summed E-state index contributed by atoms with van der Waals surface area (Å²) < 4.78 is 0. The Morgan fingerprint density at radius 3 is 2.71 bits per heavy atom. The molecule has 1 aromatic carbocycles. The Labute approximate surface area is 104 Å². The smallest absolute Gasteiger partial charge is 0.309 e. The maximum absolute atomic E-state index is 11.0. The van der Waals surface area contributed by atoms with E-state index in [4.69, 9.17) is 5.11 Å². The summed E-state index contributed by atoms with van der Waals surface area (Å²) in [4.78, 5) is 10.4. The van der Waals surface area contributed by atoms with Crippen molar-refractivity contribution in [3.05, 3.63) is 35.9 Å². The summed E-state index contributed by atoms with van der Waals surface area (Å²) in [5.41, 5.74) is 3.94. The van der Waals surface area contributed by atoms with Crippen molar-refractivity contribution in [3.63, 3.8) is 0 Å². The van der Waals surface area contributed by atoms with Crippen LogP contribution in [0.1, 0.15) is 19.4 Å². The van der Waals surface area contributed by atoms with E-state index in [9.17, 15) is 4.79 Å². The normalized spacial score (nSPS) is 24.9. The third kappa shape index (κ3) is 2.29. The van der Waals surface area contributed by atoms with E-state index in [-0.39, 0.29) is 0 Å². The summed E-state index contributed by atoms with van der Waals surface area (Å²) >= 11 is 1.46. The third-order valence-electron chi connectivity index (χ3n) is 2.91. The van der Waals surface area contributed by atoms with Crippen molar-refractivity contribution in [2.75, 3.05) is 0 Å². The lowest BCUT2D eigenvalue weighted by atomic mass is 10.0. The van der Waals surface area contributed by atoms with Crippen LogP contribution in [0.15, 0.2) is 35.4 Å². The number of carbonyl (C=O) groups is 1. The van der Waals surface area contributed by atoms with Gasteiger partial charge in [-0.1, -0.05) is 42.1 Å². The van der Waals surface area contributed by atoms with Gasteiger partial charge < -0.3 is 5.11 Å². The number of benzene rings is 1. The minimum Gasteiger partial charge on any atom is -0.481 e. The van der Waals surface area contributed by atoms with E-state index in [0.717, 1.165) is 10.6 Å². The Hall–Kier alpha value is -1.49. The average Bonchev–Trinajstić information content (AvgIpc) is 2.73. The van der Waals surface area contributed by atoms with E-state index in [1.54, 1.807) is 6.92 Å². The van der Waals surface area contributed by atoms with Gasteiger partial charge in [0.15, 0.2) is 0 Å². The van der Waals surface area contributed by atoms with Crippen molar-refractivity contribution in [2.24, 2.45) is 11.0 Å². The van der Waals surface area contributed by atoms with E-state index in [1.807, 2.05) is 37.3 Å². The standard InChI is InChI=1S/C12H14N2O2S/c1-8(11(15)16)12(2)14-13-10(17-12)9-6-4-3-5-7-9/h3-8,14H,1-2H3,(H,15,16). The first kappa shape index (κ1) is 12.0. The molecule has 0 aliphatic carbocycles. The van der Waals surface area contributed by atoms with Crippen LogP contribution in [-0.4, -0.2) is 21.0 Å². The van der Waals surface area contributed by atoms with Gasteiger partial charge in [-0.2, -0.15) is 5.10 Å². The molecule has 1 aliphatic heterocycles. The van der Waals surface area contributed by atoms with Crippen molar-refractivity contribution in [2.45, 2.75) is 18.7 Å². The Morgan fingerprint density at radius 1 is 1.47 bits per heavy atom. The third-order valence-corrected chi connectivity index (χ3v) is 4.29. The van der Waals surface area contributed by atoms with E-state index >= 15 is 0 Å². The molecule has 0 radical (unpaired) electrons. The van der Waals surface area contributed by atoms with Crippen LogP contribution in [0.5, 0.6) is 0 Å². The molecule has 0 amide bonds. The molecular formula is C12H14N2O2S. The van der Waals surface area contributed by atoms with E-state index in [0.29, 0.717) is 0 Å². The molecular weight excluding hydrogens is 236 g/mol. The van der Waals surface area contributed by atoms with Gasteiger partial charge in [-0.15, -0.1) is 0 Å². The number of hydrazone groups is 1. The summed E-state index contributed by atoms with van der Waals surface area (Å²) in [7, 11) is 0. The van der Waals surface area contributed by atoms with Gasteiger partial charge in [-0.3, -0.25) is 10.2 Å². The monoisotopic (exact) mass is 250 g/mol. The summed E-state index contributed by atoms with van der Waals surface area (Å²) in [5.74, 6) is -1.34. The quantitative estimate of drug-likeness (QED) is 0.862. The van der Waals surface area contributed by atoms with Crippen molar-refractivity contribution in [1.82, 2.24) is 5.43 Å². The van der Waals surface area contributed by atoms with E-state index < -0.39 is 16.8 Å². The molecule has 0 fully saturated rings. The van der Waals surface area contributed by atoms with Crippen LogP contribution in [0, 0.1) is 5.92 Å². The Morgan fingerprint density at radius 2 is 2.12 bits per heavy atom. The number of hydrogen-bond donors (Lipinski definition) is 2. The number of nitrogens with zero attached hydrogens (tertiary/aromatic N) is 1. The lowest BCUT2D eigenvalue weighted by molar-refractivity contribution is -0.142. The Balaban J connectivity index is 2.16. The van der Waals surface area contributed by atoms with Gasteiger partial charge in [0.05, 0.1) is 5.92 Å². The number of nitrogens with one attached hydrogen (secondary N) is 1. The van der Waals surface area contributed by atoms with Gasteiger partial charge in [0.25, 0.3) is 0 Å². The Bertz CT molecular complexity index is 461. The first-order chi connectivity index (χ1) is 8.03. The highest BCUT2D eigenvalue weighted by Gasteiger charge is 2.41. The van der Waals surface area contributed by atoms with Crippen LogP contribution in [0.3, 0.4) is 0 Å². The molecule has 1 heterocycles. The predicted molar refractivity (Wildman–Crippen MR) is 68.9 cm³/mol. The van der Waals surface area contributed by atoms with E-state index in [2.05, 4.69) is 10.5 Å². The van der Waals surface area contributed by atoms with Gasteiger partial charge in [-0.25, -0.2) is 0 Å². The number of rotatable bonds is 3. The molecule has 0 saturated heterocycles. The van der Waals surface area contributed by atoms with Crippen LogP contribution in [0.25, 0.3) is 0 Å². The molecule has 2 N–H and O–H groups in total. The Kier molecular flexibility index (Phi) is 3.11. The van der Waals surface area contributed by atoms with Gasteiger partial charge >= 0.3 is 5.97 Å². The molecule has 1 aromatic rings. The second-order valence-corrected chi connectivity index (χ2v) is 5.60. The van der Waals surface area contributed by atoms with Gasteiger partial charge in [0, 0.05) is 5.56 Å². The van der Waals surface area contributed by atoms with E-state index in [1.165, 1.54) is 11.8 Å². The molecule has 17 heavy (non-hydrogen) atoms. The summed E-state index contributed by atoms with van der Waals surface area (Å²) in [6.45, 7) is 3.54. The molecule has 0 bridgehead atoms. The highest BCUT2D eigenvalue weighted by atomic mass is 32.2. The fraction of sp³-hybridized carbons (Fsp3) is 0.333. The molecule has 5 heteroatoms. The summed E-state index contributed by atoms with van der Waals surface area (Å²) in [6.07, 6.45) is 0. The summed E-state index contributed by atoms with van der Waals surface area (Å²) in [5, 5.41) is 14.1. The fourth-order valence-corrected chi connectivity index (χ4v) is 2.65. The highest BCUT2D eigenvalue weighted by molar-refractivity contribution is 8.15. The first-order valence-corrected chi connectivity index (χ1v) is 6.17. The maximum Gasteiger partial charge on any atom is 0.309 e. The molecule has 2 atom stereocenters. The number of aliphatic carboxylic acids is 1. The molecule has 90 valence electrons. The van der Waals surface area contributed by atoms with Crippen molar-refractivity contribution in [3.8, 4) is 0 Å². The average molecular weight is 250 g/mol. The van der Waals surface area contributed by atoms with Crippen molar-refractivity contribution < 1.29 is 9.90 Å². The zero-order valence-corrected chi connectivity index (χ0v) is 10.5. The SMILES string of the molecule is CC(C(=O)O)C1(C)NN=C(c2ccccc2)S1. The van der Waals surface area contributed by atoms with Crippen molar-refractivity contribution in [1.29, 1.82) is 0 Å². The minimum absolute atomic E-state index is 0.516. The molecule has 2 rings (SSSR count). The van der Waals surface area contributed by atoms with Crippen LogP contribution in [0.2, 0.25) is 0 Å². The topological polar surface area (TPSA) is 61.7 Å². The first-order valence-electron chi connectivity index (χ1n) is 5.35. The molecule has 1 aliphatic rings. The minimum atomic E-state index is -0.822. The molecule has 0 spiro atoms. The zero-order chi connectivity index (χ0) is 12.5. The number of thioether (sulfide) groups is 1.